The van der Waals surface area contributed by atoms with Crippen molar-refractivity contribution in [3.05, 3.63) is 61.2 Å². The zero-order valence-electron chi connectivity index (χ0n) is 19.1. The smallest absolute Gasteiger partial charge is 0.330 e. The van der Waals surface area contributed by atoms with Crippen LogP contribution in [0.3, 0.4) is 0 Å². The maximum atomic E-state index is 11.7. The van der Waals surface area contributed by atoms with E-state index in [9.17, 15) is 4.79 Å². The molecule has 6 nitrogen and oxygen atoms in total. The number of hydrogen-bond acceptors (Lipinski definition) is 6. The zero-order chi connectivity index (χ0) is 23.0. The third-order valence-electron chi connectivity index (χ3n) is 4.50. The van der Waals surface area contributed by atoms with Gasteiger partial charge in [0.1, 0.15) is 36.2 Å². The molecular weight excluding hydrogens is 408 g/mol. The number of carbonyl (C=O) groups excluding carboxylic acids is 1. The van der Waals surface area contributed by atoms with Crippen LogP contribution in [0.4, 0.5) is 0 Å². The molecule has 0 saturated heterocycles. The van der Waals surface area contributed by atoms with Gasteiger partial charge in [0.05, 0.1) is 13.2 Å². The molecule has 2 aromatic rings. The fourth-order valence-electron chi connectivity index (χ4n) is 2.64. The molecule has 0 aliphatic rings. The van der Waals surface area contributed by atoms with Crippen molar-refractivity contribution in [2.75, 3.05) is 26.4 Å². The van der Waals surface area contributed by atoms with Crippen molar-refractivity contribution in [2.24, 2.45) is 0 Å². The molecule has 0 bridgehead atoms. The lowest BCUT2D eigenvalue weighted by Crippen LogP contribution is -2.30. The Kier molecular flexibility index (Phi) is 11.6. The van der Waals surface area contributed by atoms with Gasteiger partial charge in [-0.05, 0) is 61.4 Å². The molecule has 2 rings (SSSR count). The van der Waals surface area contributed by atoms with E-state index in [1.54, 1.807) is 0 Å². The van der Waals surface area contributed by atoms with E-state index in [0.29, 0.717) is 24.7 Å². The number of carbonyl (C=O) groups is 1. The average molecular weight is 443 g/mol. The number of rotatable bonds is 16. The molecule has 0 saturated carbocycles. The normalized spacial score (nSPS) is 10.5. The summed E-state index contributed by atoms with van der Waals surface area (Å²) in [5, 5.41) is 0. The number of unbranched alkanes of at least 4 members (excludes halogenated alkanes) is 2. The second-order valence-corrected chi connectivity index (χ2v) is 7.23. The molecule has 2 aromatic carbocycles. The van der Waals surface area contributed by atoms with Gasteiger partial charge < -0.3 is 23.7 Å². The summed E-state index contributed by atoms with van der Waals surface area (Å²) in [5.41, 5.74) is 0. The van der Waals surface area contributed by atoms with E-state index >= 15 is 0 Å². The van der Waals surface area contributed by atoms with Gasteiger partial charge in [-0.15, -0.1) is 0 Å². The Morgan fingerprint density at radius 2 is 1.12 bits per heavy atom. The third-order valence-corrected chi connectivity index (χ3v) is 4.50. The Morgan fingerprint density at radius 3 is 1.47 bits per heavy atom. The lowest BCUT2D eigenvalue weighted by Gasteiger charge is -2.19. The van der Waals surface area contributed by atoms with Crippen molar-refractivity contribution >= 4 is 5.97 Å². The predicted molar refractivity (Wildman–Crippen MR) is 125 cm³/mol. The van der Waals surface area contributed by atoms with Crippen LogP contribution in [0, 0.1) is 0 Å². The van der Waals surface area contributed by atoms with Crippen molar-refractivity contribution in [3.63, 3.8) is 0 Å². The first-order valence-electron chi connectivity index (χ1n) is 11.2. The van der Waals surface area contributed by atoms with E-state index < -0.39 is 12.1 Å². The van der Waals surface area contributed by atoms with Crippen LogP contribution in [0.25, 0.3) is 0 Å². The molecule has 6 heteroatoms. The van der Waals surface area contributed by atoms with Gasteiger partial charge in [0.2, 0.25) is 0 Å². The van der Waals surface area contributed by atoms with Crippen LogP contribution >= 0.6 is 0 Å². The van der Waals surface area contributed by atoms with Gasteiger partial charge in [-0.3, -0.25) is 0 Å². The van der Waals surface area contributed by atoms with Crippen LogP contribution in [0.5, 0.6) is 23.0 Å². The molecule has 174 valence electrons. The Balaban J connectivity index is 1.85. The lowest BCUT2D eigenvalue weighted by molar-refractivity contribution is -0.146. The van der Waals surface area contributed by atoms with E-state index in [0.717, 1.165) is 43.3 Å². The highest BCUT2D eigenvalue weighted by Gasteiger charge is 2.15. The van der Waals surface area contributed by atoms with E-state index in [4.69, 9.17) is 23.7 Å². The fourth-order valence-corrected chi connectivity index (χ4v) is 2.64. The maximum Gasteiger partial charge on any atom is 0.330 e. The van der Waals surface area contributed by atoms with Gasteiger partial charge in [0.15, 0.2) is 6.10 Å². The first-order chi connectivity index (χ1) is 15.6. The van der Waals surface area contributed by atoms with Crippen molar-refractivity contribution in [1.29, 1.82) is 0 Å². The molecule has 32 heavy (non-hydrogen) atoms. The fraction of sp³-hybridized carbons (Fsp3) is 0.423. The molecule has 0 amide bonds. The highest BCUT2D eigenvalue weighted by molar-refractivity contribution is 5.81. The van der Waals surface area contributed by atoms with Gasteiger partial charge >= 0.3 is 5.97 Å². The quantitative estimate of drug-likeness (QED) is 0.192. The lowest BCUT2D eigenvalue weighted by atomic mass is 10.3. The number of esters is 1. The molecule has 0 spiro atoms. The minimum atomic E-state index is -0.596. The predicted octanol–water partition coefficient (Wildman–Crippen LogP) is 5.60. The highest BCUT2D eigenvalue weighted by atomic mass is 16.6. The molecule has 0 aliphatic carbocycles. The van der Waals surface area contributed by atoms with Gasteiger partial charge in [0.25, 0.3) is 0 Å². The Bertz CT molecular complexity index is 727. The summed E-state index contributed by atoms with van der Waals surface area (Å²) in [4.78, 5) is 11.7. The number of ether oxygens (including phenoxy) is 5. The standard InChI is InChI=1S/C26H34O6/c1-4-7-17-28-21-9-13-23(14-10-21)30-19-25(32-26(27)6-3)20-31-24-15-11-22(12-16-24)29-18-8-5-2/h6,9-16,25H,3-5,7-8,17-20H2,1-2H3. The Hall–Kier alpha value is -3.15. The van der Waals surface area contributed by atoms with Crippen molar-refractivity contribution in [1.82, 2.24) is 0 Å². The summed E-state index contributed by atoms with van der Waals surface area (Å²) in [5.74, 6) is 2.38. The SMILES string of the molecule is C=CC(=O)OC(COc1ccc(OCCCC)cc1)COc1ccc(OCCCC)cc1. The van der Waals surface area contributed by atoms with Gasteiger partial charge in [0, 0.05) is 6.08 Å². The van der Waals surface area contributed by atoms with E-state index in [-0.39, 0.29) is 13.2 Å². The summed E-state index contributed by atoms with van der Waals surface area (Å²) in [6.07, 6.45) is 4.74. The molecule has 0 N–H and O–H groups in total. The summed E-state index contributed by atoms with van der Waals surface area (Å²) < 4.78 is 28.2. The highest BCUT2D eigenvalue weighted by Crippen LogP contribution is 2.20. The van der Waals surface area contributed by atoms with Gasteiger partial charge in [-0.1, -0.05) is 33.3 Å². The first kappa shape index (κ1) is 25.1. The molecule has 0 aliphatic heterocycles. The van der Waals surface area contributed by atoms with Crippen molar-refractivity contribution < 1.29 is 28.5 Å². The molecular formula is C26H34O6. The van der Waals surface area contributed by atoms with Crippen LogP contribution in [0.2, 0.25) is 0 Å². The first-order valence-corrected chi connectivity index (χ1v) is 11.2. The Morgan fingerprint density at radius 1 is 0.750 bits per heavy atom. The number of hydrogen-bond donors (Lipinski definition) is 0. The molecule has 0 aromatic heterocycles. The maximum absolute atomic E-state index is 11.7. The second-order valence-electron chi connectivity index (χ2n) is 7.23. The molecule has 0 radical (unpaired) electrons. The average Bonchev–Trinajstić information content (AvgIpc) is 2.82. The minimum absolute atomic E-state index is 0.147. The van der Waals surface area contributed by atoms with Crippen LogP contribution in [0.15, 0.2) is 61.2 Å². The molecule has 0 fully saturated rings. The zero-order valence-corrected chi connectivity index (χ0v) is 19.1. The largest absolute Gasteiger partial charge is 0.494 e. The summed E-state index contributed by atoms with van der Waals surface area (Å²) in [6, 6.07) is 14.7. The van der Waals surface area contributed by atoms with E-state index in [1.807, 2.05) is 48.5 Å². The van der Waals surface area contributed by atoms with Gasteiger partial charge in [-0.25, -0.2) is 4.79 Å². The summed E-state index contributed by atoms with van der Waals surface area (Å²) in [7, 11) is 0. The van der Waals surface area contributed by atoms with Gasteiger partial charge in [-0.2, -0.15) is 0 Å². The second kappa shape index (κ2) is 14.8. The molecule has 0 heterocycles. The van der Waals surface area contributed by atoms with Crippen LogP contribution in [-0.2, 0) is 9.53 Å². The van der Waals surface area contributed by atoms with Crippen LogP contribution in [0.1, 0.15) is 39.5 Å². The molecule has 0 atom stereocenters. The van der Waals surface area contributed by atoms with Crippen LogP contribution in [-0.4, -0.2) is 38.5 Å². The summed E-state index contributed by atoms with van der Waals surface area (Å²) >= 11 is 0. The monoisotopic (exact) mass is 442 g/mol. The number of benzene rings is 2. The van der Waals surface area contributed by atoms with Crippen molar-refractivity contribution in [3.8, 4) is 23.0 Å². The topological polar surface area (TPSA) is 63.2 Å². The summed E-state index contributed by atoms with van der Waals surface area (Å²) in [6.45, 7) is 9.37. The molecule has 0 unspecified atom stereocenters. The minimum Gasteiger partial charge on any atom is -0.494 e. The van der Waals surface area contributed by atoms with E-state index in [1.165, 1.54) is 0 Å². The third kappa shape index (κ3) is 9.77. The van der Waals surface area contributed by atoms with Crippen LogP contribution < -0.4 is 18.9 Å². The van der Waals surface area contributed by atoms with Crippen molar-refractivity contribution in [2.45, 2.75) is 45.6 Å². The Labute approximate surface area is 191 Å². The van der Waals surface area contributed by atoms with E-state index in [2.05, 4.69) is 20.4 Å².